The lowest BCUT2D eigenvalue weighted by molar-refractivity contribution is 0.102. The first-order valence-electron chi connectivity index (χ1n) is 11.4. The summed E-state index contributed by atoms with van der Waals surface area (Å²) >= 11 is 0. The van der Waals surface area contributed by atoms with Crippen molar-refractivity contribution in [2.45, 2.75) is 26.2 Å². The van der Waals surface area contributed by atoms with Gasteiger partial charge in [0.25, 0.3) is 11.5 Å². The summed E-state index contributed by atoms with van der Waals surface area (Å²) in [6.45, 7) is 5.29. The summed E-state index contributed by atoms with van der Waals surface area (Å²) in [4.78, 5) is 38.1. The van der Waals surface area contributed by atoms with Gasteiger partial charge in [-0.15, -0.1) is 0 Å². The van der Waals surface area contributed by atoms with Crippen LogP contribution in [-0.2, 0) is 12.5 Å². The number of rotatable bonds is 5. The molecule has 0 aliphatic carbocycles. The number of aromatic nitrogens is 4. The maximum atomic E-state index is 12.9. The Kier molecular flexibility index (Phi) is 6.64. The first kappa shape index (κ1) is 25.0. The molecule has 0 radical (unpaired) electrons. The molecule has 4 heterocycles. The van der Waals surface area contributed by atoms with E-state index in [0.717, 1.165) is 0 Å². The van der Waals surface area contributed by atoms with Crippen molar-refractivity contribution in [3.05, 3.63) is 94.1 Å². The van der Waals surface area contributed by atoms with Gasteiger partial charge in [0.1, 0.15) is 6.07 Å². The van der Waals surface area contributed by atoms with E-state index in [-0.39, 0.29) is 11.5 Å². The van der Waals surface area contributed by atoms with Crippen molar-refractivity contribution in [3.8, 4) is 34.5 Å². The van der Waals surface area contributed by atoms with E-state index >= 15 is 0 Å². The van der Waals surface area contributed by atoms with Crippen molar-refractivity contribution in [2.75, 3.05) is 5.32 Å². The maximum absolute atomic E-state index is 12.9. The van der Waals surface area contributed by atoms with Crippen molar-refractivity contribution < 1.29 is 4.79 Å². The number of nitrogens with zero attached hydrogens (tertiary/aromatic N) is 6. The molecule has 1 N–H and O–H groups in total. The number of aryl methyl sites for hydroxylation is 2. The first-order valence-corrected chi connectivity index (χ1v) is 11.4. The highest BCUT2D eigenvalue weighted by atomic mass is 16.1. The standard InChI is InChI=1S/C28H23N7O2/c1-17-23(21-9-20(13-29)26(33-14-21)18-6-8-35(4)25(36)11-18)12-22(15-32-17)34-27(37)19-5-7-31-24(10-19)28(2,3)16-30/h5-12,14-15H,1-4H3,(H,34,37). The van der Waals surface area contributed by atoms with Crippen LogP contribution in [0.2, 0.25) is 0 Å². The van der Waals surface area contributed by atoms with Gasteiger partial charge in [0, 0.05) is 59.7 Å². The molecule has 37 heavy (non-hydrogen) atoms. The summed E-state index contributed by atoms with van der Waals surface area (Å²) in [5.74, 6) is -0.370. The Balaban J connectivity index is 1.66. The van der Waals surface area contributed by atoms with Crippen LogP contribution in [0.1, 0.15) is 41.2 Å². The maximum Gasteiger partial charge on any atom is 0.255 e. The second kappa shape index (κ2) is 9.84. The van der Waals surface area contributed by atoms with Crippen molar-refractivity contribution >= 4 is 11.6 Å². The Bertz CT molecular complexity index is 1670. The molecular formula is C28H23N7O2. The van der Waals surface area contributed by atoms with Crippen molar-refractivity contribution in [1.29, 1.82) is 10.5 Å². The van der Waals surface area contributed by atoms with Gasteiger partial charge in [-0.3, -0.25) is 24.5 Å². The van der Waals surface area contributed by atoms with Crippen molar-refractivity contribution in [2.24, 2.45) is 7.05 Å². The molecule has 0 aliphatic heterocycles. The van der Waals surface area contributed by atoms with Gasteiger partial charge in [0.2, 0.25) is 0 Å². The number of carbonyl (C=O) groups is 1. The molecule has 0 unspecified atom stereocenters. The van der Waals surface area contributed by atoms with Gasteiger partial charge in [-0.1, -0.05) is 0 Å². The van der Waals surface area contributed by atoms with E-state index in [4.69, 9.17) is 0 Å². The van der Waals surface area contributed by atoms with E-state index in [2.05, 4.69) is 32.4 Å². The van der Waals surface area contributed by atoms with Gasteiger partial charge in [-0.05, 0) is 51.1 Å². The van der Waals surface area contributed by atoms with Crippen LogP contribution >= 0.6 is 0 Å². The Hall–Kier alpha value is -5.15. The zero-order valence-corrected chi connectivity index (χ0v) is 20.8. The van der Waals surface area contributed by atoms with Gasteiger partial charge < -0.3 is 9.88 Å². The number of hydrogen-bond donors (Lipinski definition) is 1. The Morgan fingerprint density at radius 1 is 1.03 bits per heavy atom. The van der Waals surface area contributed by atoms with E-state index in [1.165, 1.54) is 16.8 Å². The topological polar surface area (TPSA) is 137 Å². The minimum Gasteiger partial charge on any atom is -0.321 e. The van der Waals surface area contributed by atoms with Crippen LogP contribution in [0.4, 0.5) is 5.69 Å². The molecule has 0 spiro atoms. The molecule has 4 aromatic rings. The van der Waals surface area contributed by atoms with Crippen LogP contribution in [0.5, 0.6) is 0 Å². The smallest absolute Gasteiger partial charge is 0.255 e. The molecule has 9 heteroatoms. The van der Waals surface area contributed by atoms with Crippen LogP contribution < -0.4 is 10.9 Å². The molecule has 0 bridgehead atoms. The van der Waals surface area contributed by atoms with Gasteiger partial charge in [0.05, 0.1) is 40.3 Å². The van der Waals surface area contributed by atoms with E-state index in [1.54, 1.807) is 69.8 Å². The number of amides is 1. The summed E-state index contributed by atoms with van der Waals surface area (Å²) < 4.78 is 1.44. The Morgan fingerprint density at radius 2 is 1.81 bits per heavy atom. The Morgan fingerprint density at radius 3 is 2.51 bits per heavy atom. The van der Waals surface area contributed by atoms with E-state index in [1.807, 2.05) is 6.92 Å². The van der Waals surface area contributed by atoms with Crippen LogP contribution in [0.25, 0.3) is 22.4 Å². The molecule has 4 aromatic heterocycles. The second-order valence-corrected chi connectivity index (χ2v) is 9.07. The largest absolute Gasteiger partial charge is 0.321 e. The molecule has 0 aliphatic rings. The summed E-state index contributed by atoms with van der Waals surface area (Å²) in [6, 6.07) is 14.1. The zero-order chi connectivity index (χ0) is 26.7. The quantitative estimate of drug-likeness (QED) is 0.445. The number of pyridine rings is 4. The highest BCUT2D eigenvalue weighted by Gasteiger charge is 2.23. The van der Waals surface area contributed by atoms with Gasteiger partial charge in [-0.25, -0.2) is 0 Å². The minimum atomic E-state index is -0.834. The molecule has 0 saturated heterocycles. The minimum absolute atomic E-state index is 0.201. The predicted octanol–water partition coefficient (Wildman–Crippen LogP) is 4.14. The molecule has 182 valence electrons. The monoisotopic (exact) mass is 489 g/mol. The van der Waals surface area contributed by atoms with Crippen LogP contribution in [-0.4, -0.2) is 25.4 Å². The fraction of sp³-hybridized carbons (Fsp3) is 0.179. The normalized spacial score (nSPS) is 10.9. The first-order chi connectivity index (χ1) is 17.6. The summed E-state index contributed by atoms with van der Waals surface area (Å²) in [5, 5.41) is 22.0. The SMILES string of the molecule is Cc1ncc(NC(=O)c2ccnc(C(C)(C)C#N)c2)cc1-c1cnc(-c2ccn(C)c(=O)c2)c(C#N)c1. The molecule has 1 amide bonds. The van der Waals surface area contributed by atoms with Gasteiger partial charge in [-0.2, -0.15) is 10.5 Å². The third kappa shape index (κ3) is 5.12. The molecule has 0 aromatic carbocycles. The summed E-state index contributed by atoms with van der Waals surface area (Å²) in [5.41, 5.74) is 3.58. The molecular weight excluding hydrogens is 466 g/mol. The number of carbonyl (C=O) groups excluding carboxylic acids is 1. The van der Waals surface area contributed by atoms with Crippen molar-refractivity contribution in [3.63, 3.8) is 0 Å². The Labute approximate surface area is 213 Å². The number of anilines is 1. The highest BCUT2D eigenvalue weighted by Crippen LogP contribution is 2.29. The van der Waals surface area contributed by atoms with Crippen LogP contribution in [0.3, 0.4) is 0 Å². The fourth-order valence-electron chi connectivity index (χ4n) is 3.69. The third-order valence-electron chi connectivity index (χ3n) is 5.98. The highest BCUT2D eigenvalue weighted by molar-refractivity contribution is 6.04. The number of nitriles is 2. The molecule has 0 saturated carbocycles. The van der Waals surface area contributed by atoms with Crippen molar-refractivity contribution in [1.82, 2.24) is 19.5 Å². The molecule has 0 fully saturated rings. The van der Waals surface area contributed by atoms with Crippen LogP contribution in [0, 0.1) is 29.6 Å². The fourth-order valence-corrected chi connectivity index (χ4v) is 3.69. The average molecular weight is 490 g/mol. The molecule has 9 nitrogen and oxygen atoms in total. The molecule has 0 atom stereocenters. The predicted molar refractivity (Wildman–Crippen MR) is 138 cm³/mol. The summed E-state index contributed by atoms with van der Waals surface area (Å²) in [7, 11) is 1.65. The molecule has 4 rings (SSSR count). The third-order valence-corrected chi connectivity index (χ3v) is 5.98. The second-order valence-electron chi connectivity index (χ2n) is 9.07. The van der Waals surface area contributed by atoms with E-state index in [0.29, 0.717) is 50.6 Å². The van der Waals surface area contributed by atoms with E-state index in [9.17, 15) is 20.1 Å². The average Bonchev–Trinajstić information content (AvgIpc) is 2.91. The lowest BCUT2D eigenvalue weighted by Gasteiger charge is -2.15. The van der Waals surface area contributed by atoms with E-state index < -0.39 is 5.41 Å². The number of nitrogens with one attached hydrogen (secondary N) is 1. The number of hydrogen-bond acceptors (Lipinski definition) is 7. The summed E-state index contributed by atoms with van der Waals surface area (Å²) in [6.07, 6.45) is 6.29. The van der Waals surface area contributed by atoms with Gasteiger partial charge in [0.15, 0.2) is 0 Å². The van der Waals surface area contributed by atoms with Gasteiger partial charge >= 0.3 is 0 Å². The lowest BCUT2D eigenvalue weighted by atomic mass is 9.90. The van der Waals surface area contributed by atoms with Crippen LogP contribution in [0.15, 0.2) is 66.0 Å². The lowest BCUT2D eigenvalue weighted by Crippen LogP contribution is -2.18. The zero-order valence-electron chi connectivity index (χ0n) is 20.8.